The predicted molar refractivity (Wildman–Crippen MR) is 186 cm³/mol. The van der Waals surface area contributed by atoms with Crippen LogP contribution >= 0.6 is 11.8 Å². The minimum absolute atomic E-state index is 0.0100. The predicted octanol–water partition coefficient (Wildman–Crippen LogP) is 3.24. The number of carboxylic acids is 2. The minimum Gasteiger partial charge on any atom is -0.509 e. The van der Waals surface area contributed by atoms with Crippen molar-refractivity contribution in [1.82, 2.24) is 24.9 Å². The van der Waals surface area contributed by atoms with Crippen LogP contribution in [0.3, 0.4) is 0 Å². The molecule has 4 N–H and O–H groups in total. The molecule has 3 heterocycles. The van der Waals surface area contributed by atoms with E-state index >= 15 is 0 Å². The Labute approximate surface area is 292 Å². The normalized spacial score (nSPS) is 20.1. The molecule has 4 rings (SSSR count). The lowest BCUT2D eigenvalue weighted by Gasteiger charge is -2.49. The minimum atomic E-state index is -1.46. The number of rotatable bonds is 14. The summed E-state index contributed by atoms with van der Waals surface area (Å²) in [5.41, 5.74) is -0.272. The molecule has 14 nitrogen and oxygen atoms in total. The van der Waals surface area contributed by atoms with Gasteiger partial charge < -0.3 is 30.4 Å². The highest BCUT2D eigenvalue weighted by Crippen LogP contribution is 2.43. The van der Waals surface area contributed by atoms with Crippen molar-refractivity contribution in [1.29, 1.82) is 0 Å². The van der Waals surface area contributed by atoms with E-state index in [4.69, 9.17) is 0 Å². The number of benzene rings is 1. The van der Waals surface area contributed by atoms with Gasteiger partial charge in [0.15, 0.2) is 5.70 Å². The maximum absolute atomic E-state index is 12.6. The van der Waals surface area contributed by atoms with Crippen LogP contribution in [0.5, 0.6) is 0 Å². The second kappa shape index (κ2) is 19.3. The highest BCUT2D eigenvalue weighted by atomic mass is 32.2. The van der Waals surface area contributed by atoms with Crippen molar-refractivity contribution in [3.05, 3.63) is 46.8 Å². The molecule has 2 unspecified atom stereocenters. The topological polar surface area (TPSA) is 188 Å². The summed E-state index contributed by atoms with van der Waals surface area (Å²) in [6.45, 7) is 21.8. The number of hydrogen-bond donors (Lipinski definition) is 4. The lowest BCUT2D eigenvalue weighted by Crippen LogP contribution is -2.71. The van der Waals surface area contributed by atoms with Gasteiger partial charge in [-0.3, -0.25) is 29.0 Å². The van der Waals surface area contributed by atoms with Crippen LogP contribution in [0.2, 0.25) is 0 Å². The Balaban J connectivity index is 0.000000500. The summed E-state index contributed by atoms with van der Waals surface area (Å²) in [5, 5.41) is 30.2. The Morgan fingerprint density at radius 1 is 0.857 bits per heavy atom. The SMILES string of the molecule is CC1S[C@@H]2C(NC(=O)CCC[C@H](C(=O)O)N3C(=O)c4ccccc4C3=O)C(=O)N2C(C(=O)O)=C1O.CCN(CC)CC.CCN(CC)CC. The molecule has 3 aliphatic rings. The van der Waals surface area contributed by atoms with E-state index in [1.165, 1.54) is 51.4 Å². The van der Waals surface area contributed by atoms with E-state index in [1.54, 1.807) is 19.1 Å². The van der Waals surface area contributed by atoms with Gasteiger partial charge in [-0.05, 0) is 71.2 Å². The number of fused-ring (bicyclic) bond motifs is 2. The molecule has 272 valence electrons. The third-order valence-corrected chi connectivity index (χ3v) is 10.2. The quantitative estimate of drug-likeness (QED) is 0.164. The number of carboxylic acid groups (broad SMARTS) is 2. The fourth-order valence-corrected chi connectivity index (χ4v) is 7.00. The lowest BCUT2D eigenvalue weighted by atomic mass is 10.0. The van der Waals surface area contributed by atoms with E-state index in [1.807, 2.05) is 0 Å². The van der Waals surface area contributed by atoms with Crippen LogP contribution in [0.1, 0.15) is 88.4 Å². The van der Waals surface area contributed by atoms with Crippen LogP contribution in [-0.2, 0) is 19.2 Å². The molecule has 0 saturated carbocycles. The first-order chi connectivity index (χ1) is 23.2. The molecule has 1 aromatic rings. The van der Waals surface area contributed by atoms with Crippen molar-refractivity contribution in [3.63, 3.8) is 0 Å². The maximum Gasteiger partial charge on any atom is 0.356 e. The highest BCUT2D eigenvalue weighted by molar-refractivity contribution is 8.00. The molecule has 1 fully saturated rings. The average Bonchev–Trinajstić information content (AvgIpc) is 3.33. The Morgan fingerprint density at radius 3 is 1.71 bits per heavy atom. The van der Waals surface area contributed by atoms with Crippen molar-refractivity contribution in [2.24, 2.45) is 0 Å². The zero-order valence-corrected chi connectivity index (χ0v) is 30.3. The first-order valence-electron chi connectivity index (χ1n) is 16.8. The summed E-state index contributed by atoms with van der Waals surface area (Å²) in [5.74, 6) is -5.94. The number of nitrogens with zero attached hydrogens (tertiary/aromatic N) is 4. The largest absolute Gasteiger partial charge is 0.509 e. The van der Waals surface area contributed by atoms with Gasteiger partial charge in [-0.15, -0.1) is 11.8 Å². The number of aliphatic hydroxyl groups excluding tert-OH is 1. The summed E-state index contributed by atoms with van der Waals surface area (Å²) in [7, 11) is 0. The molecule has 15 heteroatoms. The smallest absolute Gasteiger partial charge is 0.356 e. The van der Waals surface area contributed by atoms with Crippen LogP contribution in [0.4, 0.5) is 0 Å². The van der Waals surface area contributed by atoms with E-state index in [-0.39, 0.29) is 30.4 Å². The van der Waals surface area contributed by atoms with Crippen LogP contribution in [0.15, 0.2) is 35.7 Å². The van der Waals surface area contributed by atoms with Crippen LogP contribution in [0.25, 0.3) is 0 Å². The Bertz CT molecular complexity index is 1340. The molecular weight excluding hydrogens is 654 g/mol. The van der Waals surface area contributed by atoms with Crippen LogP contribution in [-0.4, -0.2) is 132 Å². The number of thioether (sulfide) groups is 1. The number of hydrogen-bond acceptors (Lipinski definition) is 10. The summed E-state index contributed by atoms with van der Waals surface area (Å²) in [6, 6.07) is 3.56. The van der Waals surface area contributed by atoms with E-state index in [0.717, 1.165) is 16.7 Å². The first-order valence-corrected chi connectivity index (χ1v) is 17.8. The molecule has 49 heavy (non-hydrogen) atoms. The van der Waals surface area contributed by atoms with Gasteiger partial charge in [-0.2, -0.15) is 0 Å². The van der Waals surface area contributed by atoms with Gasteiger partial charge in [0.2, 0.25) is 5.91 Å². The molecule has 4 atom stereocenters. The van der Waals surface area contributed by atoms with E-state index < -0.39 is 69.7 Å². The fourth-order valence-electron chi connectivity index (χ4n) is 5.67. The van der Waals surface area contributed by atoms with Gasteiger partial charge in [0, 0.05) is 6.42 Å². The average molecular weight is 706 g/mol. The molecule has 0 bridgehead atoms. The highest BCUT2D eigenvalue weighted by Gasteiger charge is 2.56. The molecule has 0 spiro atoms. The van der Waals surface area contributed by atoms with Crippen molar-refractivity contribution in [2.75, 3.05) is 39.3 Å². The first kappa shape index (κ1) is 41.2. The number of amides is 4. The maximum atomic E-state index is 12.6. The molecule has 1 saturated heterocycles. The number of carbonyl (C=O) groups is 6. The van der Waals surface area contributed by atoms with Gasteiger partial charge in [0.25, 0.3) is 17.7 Å². The van der Waals surface area contributed by atoms with Crippen molar-refractivity contribution in [3.8, 4) is 0 Å². The molecule has 0 aliphatic carbocycles. The summed E-state index contributed by atoms with van der Waals surface area (Å²) < 4.78 is 0. The molecule has 4 amide bonds. The second-order valence-electron chi connectivity index (χ2n) is 11.5. The summed E-state index contributed by atoms with van der Waals surface area (Å²) >= 11 is 1.12. The molecular formula is C34H51N5O9S. The van der Waals surface area contributed by atoms with E-state index in [9.17, 15) is 44.1 Å². The van der Waals surface area contributed by atoms with Gasteiger partial charge in [0.05, 0.1) is 16.4 Å². The van der Waals surface area contributed by atoms with Crippen molar-refractivity contribution >= 4 is 47.3 Å². The third kappa shape index (κ3) is 9.82. The zero-order valence-electron chi connectivity index (χ0n) is 29.5. The Kier molecular flexibility index (Phi) is 16.2. The van der Waals surface area contributed by atoms with E-state index in [2.05, 4.69) is 56.7 Å². The number of β-lactam (4-membered cyclic amide) rings is 1. The summed E-state index contributed by atoms with van der Waals surface area (Å²) in [6.07, 6.45) is -0.347. The van der Waals surface area contributed by atoms with Gasteiger partial charge in [-0.25, -0.2) is 9.59 Å². The molecule has 0 aromatic heterocycles. The molecule has 1 aromatic carbocycles. The fraction of sp³-hybridized carbons (Fsp3) is 0.588. The number of imide groups is 1. The number of aliphatic hydroxyl groups is 1. The number of aliphatic carboxylic acids is 2. The van der Waals surface area contributed by atoms with Crippen LogP contribution < -0.4 is 5.32 Å². The van der Waals surface area contributed by atoms with Gasteiger partial charge in [0.1, 0.15) is 23.2 Å². The number of carbonyl (C=O) groups excluding carboxylic acids is 4. The van der Waals surface area contributed by atoms with Crippen molar-refractivity contribution < 1.29 is 44.1 Å². The van der Waals surface area contributed by atoms with Crippen molar-refractivity contribution in [2.45, 2.75) is 90.4 Å². The zero-order chi connectivity index (χ0) is 37.0. The van der Waals surface area contributed by atoms with Gasteiger partial charge in [-0.1, -0.05) is 53.7 Å². The van der Waals surface area contributed by atoms with Crippen LogP contribution in [0, 0.1) is 0 Å². The van der Waals surface area contributed by atoms with E-state index in [0.29, 0.717) is 4.90 Å². The second-order valence-corrected chi connectivity index (χ2v) is 12.9. The molecule has 3 aliphatic heterocycles. The Hall–Kier alpha value is -3.95. The number of nitrogens with one attached hydrogen (secondary N) is 1. The summed E-state index contributed by atoms with van der Waals surface area (Å²) in [4.78, 5) is 79.7. The monoisotopic (exact) mass is 705 g/mol. The Morgan fingerprint density at radius 2 is 1.33 bits per heavy atom. The van der Waals surface area contributed by atoms with Gasteiger partial charge >= 0.3 is 11.9 Å². The third-order valence-electron chi connectivity index (χ3n) is 8.76. The molecule has 0 radical (unpaired) electrons. The standard InChI is InChI=1S/C22H21N3O9S.2C6H15N/c1-9-16(27)15(22(33)34)25-19(30)14(20(25)35-9)23-13(26)8-4-7-12(21(31)32)24-17(28)10-5-2-3-6-11(10)18(24)29;2*1-4-7(5-2)6-3/h2-3,5-6,9,12,14,20,27H,4,7-8H2,1H3,(H,23,26)(H,31,32)(H,33,34);2*4-6H2,1-3H3/t9?,12-,14?,20-;;/m1../s1. The lowest BCUT2D eigenvalue weighted by molar-refractivity contribution is -0.151.